The second-order valence-corrected chi connectivity index (χ2v) is 6.79. The predicted octanol–water partition coefficient (Wildman–Crippen LogP) is 2.32. The first-order chi connectivity index (χ1) is 13.1. The molecule has 3 aromatic rings. The number of aryl methyl sites for hydroxylation is 2. The Morgan fingerprint density at radius 3 is 2.89 bits per heavy atom. The number of hydrogen-bond donors (Lipinski definition) is 0. The van der Waals surface area contributed by atoms with Crippen molar-refractivity contribution in [3.8, 4) is 5.75 Å². The zero-order chi connectivity index (χ0) is 18.8. The molecule has 4 rings (SSSR count). The van der Waals surface area contributed by atoms with Gasteiger partial charge in [-0.25, -0.2) is 0 Å². The van der Waals surface area contributed by atoms with Crippen LogP contribution < -0.4 is 4.74 Å². The summed E-state index contributed by atoms with van der Waals surface area (Å²) in [6, 6.07) is 7.79. The van der Waals surface area contributed by atoms with E-state index in [0.29, 0.717) is 30.4 Å². The van der Waals surface area contributed by atoms with Crippen molar-refractivity contribution in [1.82, 2.24) is 24.8 Å². The van der Waals surface area contributed by atoms with Crippen LogP contribution in [-0.4, -0.2) is 43.8 Å². The van der Waals surface area contributed by atoms with Gasteiger partial charge in [-0.2, -0.15) is 10.1 Å². The summed E-state index contributed by atoms with van der Waals surface area (Å²) in [5.74, 6) is 1.87. The van der Waals surface area contributed by atoms with Gasteiger partial charge in [-0.3, -0.25) is 9.48 Å². The summed E-state index contributed by atoms with van der Waals surface area (Å²) in [6.45, 7) is 3.49. The number of rotatable bonds is 5. The van der Waals surface area contributed by atoms with Gasteiger partial charge in [-0.15, -0.1) is 0 Å². The van der Waals surface area contributed by atoms with Gasteiger partial charge in [0.2, 0.25) is 0 Å². The second kappa shape index (κ2) is 7.22. The molecule has 0 bridgehead atoms. The minimum Gasteiger partial charge on any atom is -0.484 e. The molecule has 0 aliphatic carbocycles. The molecule has 27 heavy (non-hydrogen) atoms. The highest BCUT2D eigenvalue weighted by Crippen LogP contribution is 2.26. The molecule has 0 spiro atoms. The molecule has 1 amide bonds. The molecule has 8 heteroatoms. The molecule has 0 N–H and O–H groups in total. The number of aromatic nitrogens is 4. The highest BCUT2D eigenvalue weighted by Gasteiger charge is 2.31. The average Bonchev–Trinajstić information content (AvgIpc) is 3.41. The standard InChI is InChI=1S/C19H21N5O3/c1-13-3-5-16(6-4-13)26-12-17-21-18(22-27-17)14-7-8-24(11-14)19(25)15-9-20-23(2)10-15/h3-6,9-10,14H,7-8,11-12H2,1-2H3. The maximum Gasteiger partial charge on any atom is 0.264 e. The molecule has 2 aromatic heterocycles. The number of carbonyl (C=O) groups is 1. The first kappa shape index (κ1) is 17.3. The number of benzene rings is 1. The smallest absolute Gasteiger partial charge is 0.264 e. The highest BCUT2D eigenvalue weighted by atomic mass is 16.5. The van der Waals surface area contributed by atoms with Gasteiger partial charge in [0.15, 0.2) is 12.4 Å². The third-order valence-corrected chi connectivity index (χ3v) is 4.66. The second-order valence-electron chi connectivity index (χ2n) is 6.79. The maximum atomic E-state index is 12.5. The number of amides is 1. The molecule has 0 saturated carbocycles. The molecule has 1 aliphatic rings. The average molecular weight is 367 g/mol. The zero-order valence-electron chi connectivity index (χ0n) is 15.3. The number of likely N-dealkylation sites (tertiary alicyclic amines) is 1. The fourth-order valence-corrected chi connectivity index (χ4v) is 3.14. The minimum absolute atomic E-state index is 0.0166. The molecule has 1 aromatic carbocycles. The van der Waals surface area contributed by atoms with Crippen molar-refractivity contribution < 1.29 is 14.1 Å². The van der Waals surface area contributed by atoms with Crippen LogP contribution in [0.2, 0.25) is 0 Å². The Morgan fingerprint density at radius 1 is 1.33 bits per heavy atom. The summed E-state index contributed by atoms with van der Waals surface area (Å²) in [7, 11) is 1.79. The van der Waals surface area contributed by atoms with Gasteiger partial charge in [-0.1, -0.05) is 22.9 Å². The van der Waals surface area contributed by atoms with Gasteiger partial charge in [0.1, 0.15) is 5.75 Å². The van der Waals surface area contributed by atoms with E-state index in [4.69, 9.17) is 9.26 Å². The topological polar surface area (TPSA) is 86.3 Å². The van der Waals surface area contributed by atoms with Crippen molar-refractivity contribution in [2.75, 3.05) is 13.1 Å². The Hall–Kier alpha value is -3.16. The zero-order valence-corrected chi connectivity index (χ0v) is 15.3. The molecular weight excluding hydrogens is 346 g/mol. The van der Waals surface area contributed by atoms with Gasteiger partial charge in [0.05, 0.1) is 11.8 Å². The normalized spacial score (nSPS) is 16.7. The predicted molar refractivity (Wildman–Crippen MR) is 96.3 cm³/mol. The molecule has 140 valence electrons. The first-order valence-electron chi connectivity index (χ1n) is 8.88. The Kier molecular flexibility index (Phi) is 4.62. The monoisotopic (exact) mass is 367 g/mol. The number of nitrogens with zero attached hydrogens (tertiary/aromatic N) is 5. The van der Waals surface area contributed by atoms with E-state index in [2.05, 4.69) is 15.2 Å². The van der Waals surface area contributed by atoms with Crippen LogP contribution in [0.3, 0.4) is 0 Å². The maximum absolute atomic E-state index is 12.5. The molecule has 0 radical (unpaired) electrons. The fraction of sp³-hybridized carbons (Fsp3) is 0.368. The SMILES string of the molecule is Cc1ccc(OCc2nc(C3CCN(C(=O)c4cnn(C)c4)C3)no2)cc1. The molecule has 1 unspecified atom stereocenters. The van der Waals surface area contributed by atoms with Gasteiger partial charge in [0, 0.05) is 32.3 Å². The Bertz CT molecular complexity index is 931. The molecule has 1 atom stereocenters. The van der Waals surface area contributed by atoms with Crippen LogP contribution in [0.5, 0.6) is 5.75 Å². The lowest BCUT2D eigenvalue weighted by Crippen LogP contribution is -2.28. The molecule has 1 aliphatic heterocycles. The van der Waals surface area contributed by atoms with Crippen LogP contribution in [-0.2, 0) is 13.7 Å². The number of ether oxygens (including phenoxy) is 1. The number of carbonyl (C=O) groups excluding carboxylic acids is 1. The van der Waals surface area contributed by atoms with Crippen LogP contribution >= 0.6 is 0 Å². The van der Waals surface area contributed by atoms with Gasteiger partial charge in [-0.05, 0) is 25.5 Å². The minimum atomic E-state index is -0.0166. The van der Waals surface area contributed by atoms with Crippen LogP contribution in [0.4, 0.5) is 0 Å². The van der Waals surface area contributed by atoms with Crippen molar-refractivity contribution in [2.45, 2.75) is 25.9 Å². The summed E-state index contributed by atoms with van der Waals surface area (Å²) in [6.07, 6.45) is 4.12. The van der Waals surface area contributed by atoms with Gasteiger partial charge < -0.3 is 14.2 Å². The summed E-state index contributed by atoms with van der Waals surface area (Å²) >= 11 is 0. The third-order valence-electron chi connectivity index (χ3n) is 4.66. The Balaban J connectivity index is 1.34. The van der Waals surface area contributed by atoms with Crippen molar-refractivity contribution in [3.05, 3.63) is 59.5 Å². The van der Waals surface area contributed by atoms with E-state index >= 15 is 0 Å². The molecule has 1 fully saturated rings. The molecule has 8 nitrogen and oxygen atoms in total. The van der Waals surface area contributed by atoms with Crippen molar-refractivity contribution in [1.29, 1.82) is 0 Å². The quantitative estimate of drug-likeness (QED) is 0.688. The lowest BCUT2D eigenvalue weighted by molar-refractivity contribution is 0.0790. The lowest BCUT2D eigenvalue weighted by Gasteiger charge is -2.14. The highest BCUT2D eigenvalue weighted by molar-refractivity contribution is 5.93. The molecular formula is C19H21N5O3. The Labute approximate surface area is 156 Å². The van der Waals surface area contributed by atoms with Crippen LogP contribution in [0, 0.1) is 6.92 Å². The van der Waals surface area contributed by atoms with Gasteiger partial charge in [0.25, 0.3) is 11.8 Å². The summed E-state index contributed by atoms with van der Waals surface area (Å²) in [4.78, 5) is 18.8. The summed E-state index contributed by atoms with van der Waals surface area (Å²) in [5, 5.41) is 8.13. The van der Waals surface area contributed by atoms with Crippen LogP contribution in [0.25, 0.3) is 0 Å². The summed E-state index contributed by atoms with van der Waals surface area (Å²) in [5.41, 5.74) is 1.77. The number of hydrogen-bond acceptors (Lipinski definition) is 6. The van der Waals surface area contributed by atoms with Crippen LogP contribution in [0.15, 0.2) is 41.2 Å². The van der Waals surface area contributed by atoms with E-state index in [-0.39, 0.29) is 18.4 Å². The molecule has 1 saturated heterocycles. The third kappa shape index (κ3) is 3.84. The van der Waals surface area contributed by atoms with Crippen molar-refractivity contribution in [2.24, 2.45) is 7.05 Å². The van der Waals surface area contributed by atoms with Crippen molar-refractivity contribution >= 4 is 5.91 Å². The Morgan fingerprint density at radius 2 is 2.15 bits per heavy atom. The summed E-state index contributed by atoms with van der Waals surface area (Å²) < 4.78 is 12.6. The first-order valence-corrected chi connectivity index (χ1v) is 8.88. The largest absolute Gasteiger partial charge is 0.484 e. The van der Waals surface area contributed by atoms with E-state index in [0.717, 1.165) is 12.2 Å². The van der Waals surface area contributed by atoms with E-state index in [1.165, 1.54) is 5.56 Å². The lowest BCUT2D eigenvalue weighted by atomic mass is 10.1. The van der Waals surface area contributed by atoms with Gasteiger partial charge >= 0.3 is 0 Å². The van der Waals surface area contributed by atoms with E-state index in [9.17, 15) is 4.79 Å². The molecule has 3 heterocycles. The van der Waals surface area contributed by atoms with Crippen molar-refractivity contribution in [3.63, 3.8) is 0 Å². The van der Waals surface area contributed by atoms with E-state index < -0.39 is 0 Å². The van der Waals surface area contributed by atoms with E-state index in [1.807, 2.05) is 31.2 Å². The fourth-order valence-electron chi connectivity index (χ4n) is 3.14. The van der Waals surface area contributed by atoms with E-state index in [1.54, 1.807) is 29.0 Å². The van der Waals surface area contributed by atoms with Crippen LogP contribution in [0.1, 0.15) is 40.0 Å².